The van der Waals surface area contributed by atoms with Crippen LogP contribution in [0.2, 0.25) is 0 Å². The second kappa shape index (κ2) is 3.81. The van der Waals surface area contributed by atoms with Crippen molar-refractivity contribution in [3.63, 3.8) is 0 Å². The lowest BCUT2D eigenvalue weighted by Crippen LogP contribution is -2.41. The van der Waals surface area contributed by atoms with Crippen molar-refractivity contribution in [1.82, 2.24) is 14.9 Å². The van der Waals surface area contributed by atoms with Gasteiger partial charge in [-0.05, 0) is 6.44 Å². The molecule has 0 spiro atoms. The van der Waals surface area contributed by atoms with Crippen molar-refractivity contribution < 1.29 is 12.9 Å². The van der Waals surface area contributed by atoms with Gasteiger partial charge in [-0.15, -0.1) is 0 Å². The van der Waals surface area contributed by atoms with Gasteiger partial charge in [-0.2, -0.15) is 0 Å². The van der Waals surface area contributed by atoms with Gasteiger partial charge in [0.25, 0.3) is 0 Å². The van der Waals surface area contributed by atoms with Gasteiger partial charge in [-0.1, -0.05) is 0 Å². The number of rotatable bonds is 2. The molecule has 0 radical (unpaired) electrons. The average Bonchev–Trinajstić information content (AvgIpc) is 2.15. The molecule has 2 rings (SSSR count). The molecule has 1 aliphatic rings. The summed E-state index contributed by atoms with van der Waals surface area (Å²) in [4.78, 5) is 9.25. The van der Waals surface area contributed by atoms with Crippen molar-refractivity contribution in [2.45, 2.75) is 13.0 Å². The maximum atomic E-state index is 12.2. The van der Waals surface area contributed by atoms with Crippen LogP contribution in [0.25, 0.3) is 0 Å². The summed E-state index contributed by atoms with van der Waals surface area (Å²) in [5.74, 6) is 0. The summed E-state index contributed by atoms with van der Waals surface area (Å²) < 4.78 is 36.6. The first-order valence-electron chi connectivity index (χ1n) is 4.76. The van der Waals surface area contributed by atoms with E-state index < -0.39 is 13.4 Å². The van der Waals surface area contributed by atoms with Crippen LogP contribution < -0.4 is 0 Å². The minimum absolute atomic E-state index is 0.303. The van der Waals surface area contributed by atoms with Crippen molar-refractivity contribution in [3.8, 4) is 0 Å². The van der Waals surface area contributed by atoms with Gasteiger partial charge in [0.05, 0.1) is 0 Å². The molecule has 82 valence electrons. The molecule has 7 heteroatoms. The summed E-state index contributed by atoms with van der Waals surface area (Å²) in [6.45, 7) is -4.01. The molecule has 2 heterocycles. The molecule has 0 saturated heterocycles. The maximum Gasteiger partial charge on any atom is 0.492 e. The van der Waals surface area contributed by atoms with E-state index >= 15 is 0 Å². The number of hydrogen-bond acceptors (Lipinski definition) is 3. The van der Waals surface area contributed by atoms with Crippen LogP contribution in [-0.4, -0.2) is 34.8 Å². The van der Waals surface area contributed by atoms with Crippen molar-refractivity contribution in [3.05, 3.63) is 23.8 Å². The first-order valence-corrected chi connectivity index (χ1v) is 4.76. The third-order valence-electron chi connectivity index (χ3n) is 2.41. The molecular weight excluding hydrogens is 206 g/mol. The Morgan fingerprint density at radius 3 is 2.93 bits per heavy atom. The van der Waals surface area contributed by atoms with Crippen LogP contribution in [0, 0.1) is 0 Å². The van der Waals surface area contributed by atoms with Gasteiger partial charge in [0.1, 0.15) is 6.33 Å². The Labute approximate surface area is 85.4 Å². The monoisotopic (exact) mass is 216 g/mol. The third kappa shape index (κ3) is 2.68. The van der Waals surface area contributed by atoms with Gasteiger partial charge in [-0.3, -0.25) is 0 Å². The first kappa shape index (κ1) is 10.4. The standard InChI is InChI=1S/C8H10BF3N3/c10-9(11,12)5-15-2-1-8-7(4-15)3-13-6-14-8/h3,6H,1-2,4-5H2/q-1. The van der Waals surface area contributed by atoms with Crippen LogP contribution in [0.3, 0.4) is 0 Å². The summed E-state index contributed by atoms with van der Waals surface area (Å²) >= 11 is 0. The zero-order valence-corrected chi connectivity index (χ0v) is 8.04. The molecule has 0 unspecified atom stereocenters. The summed E-state index contributed by atoms with van der Waals surface area (Å²) in [6, 6.07) is 0. The fourth-order valence-electron chi connectivity index (χ4n) is 1.77. The molecule has 1 aromatic heterocycles. The Balaban J connectivity index is 2.06. The second-order valence-electron chi connectivity index (χ2n) is 3.69. The minimum atomic E-state index is -4.74. The molecule has 0 amide bonds. The fourth-order valence-corrected chi connectivity index (χ4v) is 1.77. The van der Waals surface area contributed by atoms with E-state index in [0.29, 0.717) is 19.5 Å². The summed E-state index contributed by atoms with van der Waals surface area (Å²) in [5, 5.41) is 0. The highest BCUT2D eigenvalue weighted by Crippen LogP contribution is 2.18. The summed E-state index contributed by atoms with van der Waals surface area (Å²) in [5.41, 5.74) is 1.68. The lowest BCUT2D eigenvalue weighted by atomic mass is 9.90. The average molecular weight is 216 g/mol. The van der Waals surface area contributed by atoms with Crippen molar-refractivity contribution in [2.24, 2.45) is 0 Å². The van der Waals surface area contributed by atoms with Crippen LogP contribution in [0.15, 0.2) is 12.5 Å². The number of aromatic nitrogens is 2. The predicted molar refractivity (Wildman–Crippen MR) is 50.1 cm³/mol. The van der Waals surface area contributed by atoms with E-state index in [9.17, 15) is 12.9 Å². The smallest absolute Gasteiger partial charge is 0.448 e. The Morgan fingerprint density at radius 1 is 1.40 bits per heavy atom. The first-order chi connectivity index (χ1) is 7.04. The topological polar surface area (TPSA) is 29.0 Å². The molecule has 0 atom stereocenters. The number of fused-ring (bicyclic) bond motifs is 1. The van der Waals surface area contributed by atoms with Crippen LogP contribution in [0.1, 0.15) is 11.3 Å². The van der Waals surface area contributed by atoms with Gasteiger partial charge in [0.2, 0.25) is 0 Å². The lowest BCUT2D eigenvalue weighted by Gasteiger charge is -2.31. The molecule has 0 bridgehead atoms. The van der Waals surface area contributed by atoms with Crippen LogP contribution in [0.5, 0.6) is 0 Å². The van der Waals surface area contributed by atoms with Gasteiger partial charge in [-0.25, -0.2) is 9.97 Å². The highest BCUT2D eigenvalue weighted by atomic mass is 19.4. The van der Waals surface area contributed by atoms with Crippen LogP contribution >= 0.6 is 0 Å². The Kier molecular flexibility index (Phi) is 2.64. The Bertz CT molecular complexity index is 355. The van der Waals surface area contributed by atoms with Crippen molar-refractivity contribution in [2.75, 3.05) is 13.0 Å². The molecule has 15 heavy (non-hydrogen) atoms. The molecular formula is C8H10BF3N3-. The molecule has 0 fully saturated rings. The van der Waals surface area contributed by atoms with Crippen molar-refractivity contribution in [1.29, 1.82) is 0 Å². The normalized spacial score (nSPS) is 17.5. The molecule has 1 aliphatic heterocycles. The highest BCUT2D eigenvalue weighted by Gasteiger charge is 2.28. The van der Waals surface area contributed by atoms with Gasteiger partial charge in [0, 0.05) is 37.0 Å². The van der Waals surface area contributed by atoms with E-state index in [4.69, 9.17) is 0 Å². The molecule has 0 aliphatic carbocycles. The highest BCUT2D eigenvalue weighted by molar-refractivity contribution is 6.58. The van der Waals surface area contributed by atoms with E-state index in [0.717, 1.165) is 11.3 Å². The molecule has 0 aromatic carbocycles. The van der Waals surface area contributed by atoms with E-state index in [1.54, 1.807) is 6.20 Å². The zero-order chi connectivity index (χ0) is 10.9. The number of nitrogens with zero attached hydrogens (tertiary/aromatic N) is 3. The third-order valence-corrected chi connectivity index (χ3v) is 2.41. The number of hydrogen-bond donors (Lipinski definition) is 0. The second-order valence-corrected chi connectivity index (χ2v) is 3.69. The van der Waals surface area contributed by atoms with E-state index in [2.05, 4.69) is 9.97 Å². The van der Waals surface area contributed by atoms with Crippen LogP contribution in [0.4, 0.5) is 12.9 Å². The molecule has 1 aromatic rings. The fraction of sp³-hybridized carbons (Fsp3) is 0.500. The number of halogens is 3. The van der Waals surface area contributed by atoms with E-state index in [1.165, 1.54) is 11.2 Å². The zero-order valence-electron chi connectivity index (χ0n) is 8.04. The predicted octanol–water partition coefficient (Wildman–Crippen LogP) is 1.22. The lowest BCUT2D eigenvalue weighted by molar-refractivity contribution is 0.258. The van der Waals surface area contributed by atoms with Crippen LogP contribution in [-0.2, 0) is 13.0 Å². The Hall–Kier alpha value is -1.11. The maximum absolute atomic E-state index is 12.2. The van der Waals surface area contributed by atoms with Crippen molar-refractivity contribution >= 4 is 6.98 Å². The SMILES string of the molecule is F[B-](F)(F)CN1CCc2ncncc2C1. The van der Waals surface area contributed by atoms with Gasteiger partial charge >= 0.3 is 6.98 Å². The summed E-state index contributed by atoms with van der Waals surface area (Å²) in [6.07, 6.45) is 2.80. The summed E-state index contributed by atoms with van der Waals surface area (Å²) in [7, 11) is 0. The van der Waals surface area contributed by atoms with E-state index in [-0.39, 0.29) is 0 Å². The molecule has 0 saturated carbocycles. The van der Waals surface area contributed by atoms with Gasteiger partial charge in [0.15, 0.2) is 0 Å². The minimum Gasteiger partial charge on any atom is -0.448 e. The Morgan fingerprint density at radius 2 is 2.20 bits per heavy atom. The van der Waals surface area contributed by atoms with Gasteiger partial charge < -0.3 is 17.8 Å². The molecule has 3 nitrogen and oxygen atoms in total. The van der Waals surface area contributed by atoms with E-state index in [1.807, 2.05) is 0 Å². The largest absolute Gasteiger partial charge is 0.492 e. The molecule has 0 N–H and O–H groups in total. The quantitative estimate of drug-likeness (QED) is 0.696.